The van der Waals surface area contributed by atoms with Gasteiger partial charge in [-0.25, -0.2) is 8.42 Å². The van der Waals surface area contributed by atoms with Crippen LogP contribution in [0.3, 0.4) is 0 Å². The summed E-state index contributed by atoms with van der Waals surface area (Å²) in [6.07, 6.45) is 0. The van der Waals surface area contributed by atoms with Crippen molar-refractivity contribution in [2.75, 3.05) is 12.3 Å². The fourth-order valence-electron chi connectivity index (χ4n) is 1.76. The van der Waals surface area contributed by atoms with Crippen molar-refractivity contribution in [1.29, 1.82) is 5.26 Å². The minimum atomic E-state index is -3.18. The molecule has 0 N–H and O–H groups in total. The molecule has 2 unspecified atom stereocenters. The van der Waals surface area contributed by atoms with Gasteiger partial charge in [-0.2, -0.15) is 9.57 Å². The summed E-state index contributed by atoms with van der Waals surface area (Å²) in [7, 11) is -3.18. The average Bonchev–Trinajstić information content (AvgIpc) is 2.26. The Balaban J connectivity index is 2.94. The molecule has 0 radical (unpaired) electrons. The van der Waals surface area contributed by atoms with Crippen LogP contribution in [0.5, 0.6) is 0 Å². The third-order valence-corrected chi connectivity index (χ3v) is 4.50. The second-order valence-electron chi connectivity index (χ2n) is 4.27. The molecule has 0 amide bonds. The maximum atomic E-state index is 11.7. The van der Waals surface area contributed by atoms with E-state index < -0.39 is 16.1 Å². The fraction of sp³-hybridized carbons (Fsp3) is 0.889. The number of rotatable bonds is 2. The SMILES string of the molecule is CC1CN(C(C#N)C(C)C)S(=O)(=O)C1. The van der Waals surface area contributed by atoms with Crippen LogP contribution in [0.1, 0.15) is 20.8 Å². The first-order chi connectivity index (χ1) is 6.38. The van der Waals surface area contributed by atoms with Gasteiger partial charge in [-0.15, -0.1) is 0 Å². The van der Waals surface area contributed by atoms with Gasteiger partial charge in [-0.05, 0) is 11.8 Å². The van der Waals surface area contributed by atoms with Crippen molar-refractivity contribution in [3.05, 3.63) is 0 Å². The molecule has 0 aromatic heterocycles. The molecule has 0 bridgehead atoms. The van der Waals surface area contributed by atoms with E-state index in [9.17, 15) is 8.42 Å². The van der Waals surface area contributed by atoms with E-state index in [4.69, 9.17) is 5.26 Å². The monoisotopic (exact) mass is 216 g/mol. The lowest BCUT2D eigenvalue weighted by Crippen LogP contribution is -2.39. The van der Waals surface area contributed by atoms with Gasteiger partial charge in [0.1, 0.15) is 6.04 Å². The lowest BCUT2D eigenvalue weighted by atomic mass is 10.1. The molecule has 14 heavy (non-hydrogen) atoms. The molecule has 1 aliphatic rings. The Morgan fingerprint density at radius 2 is 2.07 bits per heavy atom. The summed E-state index contributed by atoms with van der Waals surface area (Å²) in [6.45, 7) is 6.11. The van der Waals surface area contributed by atoms with Gasteiger partial charge in [-0.1, -0.05) is 20.8 Å². The minimum Gasteiger partial charge on any atom is -0.212 e. The lowest BCUT2D eigenvalue weighted by molar-refractivity contribution is 0.311. The Bertz CT molecular complexity index is 342. The third-order valence-electron chi connectivity index (χ3n) is 2.42. The molecule has 4 nitrogen and oxygen atoms in total. The Kier molecular flexibility index (Phi) is 3.17. The molecule has 1 aliphatic heterocycles. The van der Waals surface area contributed by atoms with Crippen LogP contribution in [0.25, 0.3) is 0 Å². The standard InChI is InChI=1S/C9H16N2O2S/c1-7(2)9(4-10)11-5-8(3)6-14(11,12)13/h7-9H,5-6H2,1-3H3. The summed E-state index contributed by atoms with van der Waals surface area (Å²) in [4.78, 5) is 0. The third kappa shape index (κ3) is 2.07. The van der Waals surface area contributed by atoms with E-state index in [1.165, 1.54) is 4.31 Å². The molecular weight excluding hydrogens is 200 g/mol. The van der Waals surface area contributed by atoms with Crippen LogP contribution in [0.2, 0.25) is 0 Å². The number of nitrogens with zero attached hydrogens (tertiary/aromatic N) is 2. The number of hydrogen-bond donors (Lipinski definition) is 0. The van der Waals surface area contributed by atoms with Crippen molar-refractivity contribution in [3.8, 4) is 6.07 Å². The van der Waals surface area contributed by atoms with E-state index in [1.54, 1.807) is 0 Å². The summed E-state index contributed by atoms with van der Waals surface area (Å²) < 4.78 is 24.7. The smallest absolute Gasteiger partial charge is 0.212 e. The molecule has 0 aromatic carbocycles. The van der Waals surface area contributed by atoms with Gasteiger partial charge >= 0.3 is 0 Å². The Hall–Kier alpha value is -0.600. The Labute approximate surface area is 85.6 Å². The number of nitriles is 1. The van der Waals surface area contributed by atoms with Crippen LogP contribution in [0.4, 0.5) is 0 Å². The van der Waals surface area contributed by atoms with Crippen LogP contribution < -0.4 is 0 Å². The van der Waals surface area contributed by atoms with E-state index in [-0.39, 0.29) is 17.6 Å². The first-order valence-corrected chi connectivity index (χ1v) is 6.38. The largest absolute Gasteiger partial charge is 0.215 e. The molecule has 0 spiro atoms. The zero-order chi connectivity index (χ0) is 10.9. The first kappa shape index (κ1) is 11.5. The van der Waals surface area contributed by atoms with Crippen molar-refractivity contribution in [2.24, 2.45) is 11.8 Å². The molecule has 1 heterocycles. The van der Waals surface area contributed by atoms with Crippen molar-refractivity contribution in [2.45, 2.75) is 26.8 Å². The summed E-state index contributed by atoms with van der Waals surface area (Å²) in [5.74, 6) is 0.354. The van der Waals surface area contributed by atoms with E-state index >= 15 is 0 Å². The van der Waals surface area contributed by atoms with Crippen molar-refractivity contribution < 1.29 is 8.42 Å². The van der Waals surface area contributed by atoms with E-state index in [0.29, 0.717) is 6.54 Å². The zero-order valence-electron chi connectivity index (χ0n) is 8.77. The quantitative estimate of drug-likeness (QED) is 0.686. The number of sulfonamides is 1. The summed E-state index contributed by atoms with van der Waals surface area (Å²) in [6, 6.07) is 1.56. The van der Waals surface area contributed by atoms with Gasteiger partial charge in [0.15, 0.2) is 0 Å². The average molecular weight is 216 g/mol. The Morgan fingerprint density at radius 3 is 2.36 bits per heavy atom. The fourth-order valence-corrected chi connectivity index (χ4v) is 3.90. The molecule has 1 rings (SSSR count). The van der Waals surface area contributed by atoms with Gasteiger partial charge in [-0.3, -0.25) is 0 Å². The first-order valence-electron chi connectivity index (χ1n) is 4.77. The maximum absolute atomic E-state index is 11.7. The topological polar surface area (TPSA) is 61.2 Å². The molecule has 1 fully saturated rings. The molecule has 2 atom stereocenters. The highest BCUT2D eigenvalue weighted by atomic mass is 32.2. The number of hydrogen-bond acceptors (Lipinski definition) is 3. The van der Waals surface area contributed by atoms with Crippen molar-refractivity contribution >= 4 is 10.0 Å². The normalized spacial score (nSPS) is 28.9. The van der Waals surface area contributed by atoms with Crippen LogP contribution in [0, 0.1) is 23.2 Å². The highest BCUT2D eigenvalue weighted by molar-refractivity contribution is 7.89. The molecule has 0 aliphatic carbocycles. The predicted octanol–water partition coefficient (Wildman–Crippen LogP) is 0.816. The zero-order valence-corrected chi connectivity index (χ0v) is 9.58. The van der Waals surface area contributed by atoms with Crippen LogP contribution in [-0.2, 0) is 10.0 Å². The van der Waals surface area contributed by atoms with Gasteiger partial charge in [0.25, 0.3) is 0 Å². The van der Waals surface area contributed by atoms with E-state index in [0.717, 1.165) is 0 Å². The molecule has 0 saturated carbocycles. The second kappa shape index (κ2) is 3.87. The summed E-state index contributed by atoms with van der Waals surface area (Å²) in [5, 5.41) is 8.92. The van der Waals surface area contributed by atoms with Gasteiger partial charge < -0.3 is 0 Å². The van der Waals surface area contributed by atoms with Crippen molar-refractivity contribution in [3.63, 3.8) is 0 Å². The van der Waals surface area contributed by atoms with Crippen LogP contribution >= 0.6 is 0 Å². The summed E-state index contributed by atoms with van der Waals surface area (Å²) >= 11 is 0. The predicted molar refractivity (Wildman–Crippen MR) is 53.9 cm³/mol. The van der Waals surface area contributed by atoms with Crippen LogP contribution in [0.15, 0.2) is 0 Å². The molecule has 0 aromatic rings. The second-order valence-corrected chi connectivity index (χ2v) is 6.24. The van der Waals surface area contributed by atoms with Gasteiger partial charge in [0, 0.05) is 6.54 Å². The van der Waals surface area contributed by atoms with E-state index in [2.05, 4.69) is 6.07 Å². The highest BCUT2D eigenvalue weighted by Gasteiger charge is 2.39. The van der Waals surface area contributed by atoms with Gasteiger partial charge in [0.2, 0.25) is 10.0 Å². The van der Waals surface area contributed by atoms with Gasteiger partial charge in [0.05, 0.1) is 11.8 Å². The molecular formula is C9H16N2O2S. The van der Waals surface area contributed by atoms with Crippen LogP contribution in [-0.4, -0.2) is 31.1 Å². The summed E-state index contributed by atoms with van der Waals surface area (Å²) in [5.41, 5.74) is 0. The maximum Gasteiger partial charge on any atom is 0.215 e. The lowest BCUT2D eigenvalue weighted by Gasteiger charge is -2.23. The van der Waals surface area contributed by atoms with E-state index in [1.807, 2.05) is 20.8 Å². The molecule has 5 heteroatoms. The molecule has 1 saturated heterocycles. The minimum absolute atomic E-state index is 0.0417. The van der Waals surface area contributed by atoms with Crippen molar-refractivity contribution in [1.82, 2.24) is 4.31 Å². The Morgan fingerprint density at radius 1 is 1.50 bits per heavy atom. The molecule has 80 valence electrons. The highest BCUT2D eigenvalue weighted by Crippen LogP contribution is 2.24.